The fraction of sp³-hybridized carbons (Fsp3) is 0.538. The second kappa shape index (κ2) is 4.33. The molecule has 1 unspecified atom stereocenters. The Morgan fingerprint density at radius 2 is 2.20 bits per heavy atom. The zero-order chi connectivity index (χ0) is 10.7. The summed E-state index contributed by atoms with van der Waals surface area (Å²) in [7, 11) is 0. The zero-order valence-electron chi connectivity index (χ0n) is 9.33. The van der Waals surface area contributed by atoms with E-state index in [0.29, 0.717) is 6.61 Å². The minimum atomic E-state index is -0.259. The van der Waals surface area contributed by atoms with Gasteiger partial charge in [-0.25, -0.2) is 0 Å². The SMILES string of the molecule is CCOCC1(N)CCCc2ccccc21. The molecule has 0 aromatic heterocycles. The monoisotopic (exact) mass is 205 g/mol. The van der Waals surface area contributed by atoms with E-state index >= 15 is 0 Å². The summed E-state index contributed by atoms with van der Waals surface area (Å²) in [5.74, 6) is 0. The van der Waals surface area contributed by atoms with E-state index in [4.69, 9.17) is 10.5 Å². The Bertz CT molecular complexity index is 337. The first kappa shape index (κ1) is 10.7. The minimum Gasteiger partial charge on any atom is -0.379 e. The van der Waals surface area contributed by atoms with Crippen molar-refractivity contribution in [3.63, 3.8) is 0 Å². The lowest BCUT2D eigenvalue weighted by atomic mass is 9.78. The van der Waals surface area contributed by atoms with Gasteiger partial charge in [-0.05, 0) is 37.3 Å². The van der Waals surface area contributed by atoms with Gasteiger partial charge in [-0.3, -0.25) is 0 Å². The van der Waals surface area contributed by atoms with Crippen molar-refractivity contribution >= 4 is 0 Å². The molecule has 82 valence electrons. The summed E-state index contributed by atoms with van der Waals surface area (Å²) in [6.07, 6.45) is 3.35. The van der Waals surface area contributed by atoms with E-state index in [-0.39, 0.29) is 5.54 Å². The molecule has 0 saturated carbocycles. The van der Waals surface area contributed by atoms with E-state index in [9.17, 15) is 0 Å². The van der Waals surface area contributed by atoms with Gasteiger partial charge in [-0.15, -0.1) is 0 Å². The highest BCUT2D eigenvalue weighted by atomic mass is 16.5. The molecular weight excluding hydrogens is 186 g/mol. The summed E-state index contributed by atoms with van der Waals surface area (Å²) in [5, 5.41) is 0. The van der Waals surface area contributed by atoms with Crippen molar-refractivity contribution in [3.05, 3.63) is 35.4 Å². The summed E-state index contributed by atoms with van der Waals surface area (Å²) >= 11 is 0. The molecule has 1 aromatic rings. The highest BCUT2D eigenvalue weighted by Gasteiger charge is 2.32. The van der Waals surface area contributed by atoms with Gasteiger partial charge in [0.2, 0.25) is 0 Å². The number of aryl methyl sites for hydroxylation is 1. The third-order valence-electron chi connectivity index (χ3n) is 3.19. The Balaban J connectivity index is 2.27. The van der Waals surface area contributed by atoms with Gasteiger partial charge in [0.05, 0.1) is 12.1 Å². The average molecular weight is 205 g/mol. The Kier molecular flexibility index (Phi) is 3.08. The highest BCUT2D eigenvalue weighted by Crippen LogP contribution is 2.33. The van der Waals surface area contributed by atoms with Crippen molar-refractivity contribution in [2.75, 3.05) is 13.2 Å². The van der Waals surface area contributed by atoms with Gasteiger partial charge in [-0.1, -0.05) is 24.3 Å². The van der Waals surface area contributed by atoms with Gasteiger partial charge in [-0.2, -0.15) is 0 Å². The summed E-state index contributed by atoms with van der Waals surface area (Å²) in [6, 6.07) is 8.48. The lowest BCUT2D eigenvalue weighted by Gasteiger charge is -2.35. The second-order valence-electron chi connectivity index (χ2n) is 4.30. The molecule has 0 aliphatic heterocycles. The van der Waals surface area contributed by atoms with Crippen LogP contribution in [0.15, 0.2) is 24.3 Å². The van der Waals surface area contributed by atoms with E-state index in [2.05, 4.69) is 24.3 Å². The van der Waals surface area contributed by atoms with Crippen LogP contribution in [0.25, 0.3) is 0 Å². The molecule has 0 radical (unpaired) electrons. The molecule has 15 heavy (non-hydrogen) atoms. The predicted octanol–water partition coefficient (Wildman–Crippen LogP) is 2.21. The zero-order valence-corrected chi connectivity index (χ0v) is 9.33. The van der Waals surface area contributed by atoms with Crippen molar-refractivity contribution < 1.29 is 4.74 Å². The highest BCUT2D eigenvalue weighted by molar-refractivity contribution is 5.35. The number of hydrogen-bond donors (Lipinski definition) is 1. The molecule has 0 saturated heterocycles. The van der Waals surface area contributed by atoms with Crippen LogP contribution < -0.4 is 5.73 Å². The number of hydrogen-bond acceptors (Lipinski definition) is 2. The number of rotatable bonds is 3. The van der Waals surface area contributed by atoms with E-state index in [0.717, 1.165) is 19.4 Å². The lowest BCUT2D eigenvalue weighted by molar-refractivity contribution is 0.0854. The molecule has 0 bridgehead atoms. The Morgan fingerprint density at radius 1 is 1.40 bits per heavy atom. The maximum atomic E-state index is 6.43. The van der Waals surface area contributed by atoms with Crippen LogP contribution in [0.1, 0.15) is 30.9 Å². The molecule has 0 amide bonds. The Morgan fingerprint density at radius 3 is 3.00 bits per heavy atom. The van der Waals surface area contributed by atoms with Gasteiger partial charge in [0.1, 0.15) is 0 Å². The maximum absolute atomic E-state index is 6.43. The van der Waals surface area contributed by atoms with Crippen LogP contribution in [0.5, 0.6) is 0 Å². The van der Waals surface area contributed by atoms with Crippen molar-refractivity contribution in [2.24, 2.45) is 5.73 Å². The number of nitrogens with two attached hydrogens (primary N) is 1. The molecule has 2 N–H and O–H groups in total. The van der Waals surface area contributed by atoms with Gasteiger partial charge < -0.3 is 10.5 Å². The van der Waals surface area contributed by atoms with E-state index in [1.807, 2.05) is 6.92 Å². The molecule has 1 atom stereocenters. The molecule has 2 nitrogen and oxygen atoms in total. The van der Waals surface area contributed by atoms with Crippen molar-refractivity contribution in [1.29, 1.82) is 0 Å². The molecule has 0 spiro atoms. The van der Waals surface area contributed by atoms with Crippen LogP contribution in [-0.2, 0) is 16.7 Å². The number of ether oxygens (including phenoxy) is 1. The van der Waals surface area contributed by atoms with Crippen LogP contribution in [0, 0.1) is 0 Å². The van der Waals surface area contributed by atoms with Gasteiger partial charge in [0, 0.05) is 6.61 Å². The summed E-state index contributed by atoms with van der Waals surface area (Å²) in [5.41, 5.74) is 8.85. The topological polar surface area (TPSA) is 35.2 Å². The first-order valence-electron chi connectivity index (χ1n) is 5.71. The van der Waals surface area contributed by atoms with Gasteiger partial charge in [0.15, 0.2) is 0 Å². The smallest absolute Gasteiger partial charge is 0.0688 e. The molecule has 0 fully saturated rings. The third kappa shape index (κ3) is 2.06. The first-order chi connectivity index (χ1) is 7.26. The quantitative estimate of drug-likeness (QED) is 0.821. The molecule has 1 aliphatic rings. The fourth-order valence-electron chi connectivity index (χ4n) is 2.39. The predicted molar refractivity (Wildman–Crippen MR) is 61.7 cm³/mol. The lowest BCUT2D eigenvalue weighted by Crippen LogP contribution is -2.44. The molecule has 1 aromatic carbocycles. The van der Waals surface area contributed by atoms with Crippen LogP contribution in [-0.4, -0.2) is 13.2 Å². The van der Waals surface area contributed by atoms with Crippen LogP contribution in [0.3, 0.4) is 0 Å². The van der Waals surface area contributed by atoms with E-state index in [1.54, 1.807) is 0 Å². The summed E-state index contributed by atoms with van der Waals surface area (Å²) in [6.45, 7) is 3.39. The van der Waals surface area contributed by atoms with Crippen molar-refractivity contribution in [2.45, 2.75) is 31.7 Å². The molecular formula is C13H19NO. The molecule has 2 rings (SSSR count). The molecule has 1 aliphatic carbocycles. The van der Waals surface area contributed by atoms with Crippen LogP contribution >= 0.6 is 0 Å². The minimum absolute atomic E-state index is 0.259. The van der Waals surface area contributed by atoms with Gasteiger partial charge in [0.25, 0.3) is 0 Å². The second-order valence-corrected chi connectivity index (χ2v) is 4.30. The molecule has 2 heteroatoms. The summed E-state index contributed by atoms with van der Waals surface area (Å²) < 4.78 is 5.51. The van der Waals surface area contributed by atoms with E-state index < -0.39 is 0 Å². The fourth-order valence-corrected chi connectivity index (χ4v) is 2.39. The number of fused-ring (bicyclic) bond motifs is 1. The van der Waals surface area contributed by atoms with Crippen molar-refractivity contribution in [3.8, 4) is 0 Å². The first-order valence-corrected chi connectivity index (χ1v) is 5.71. The largest absolute Gasteiger partial charge is 0.379 e. The standard InChI is InChI=1S/C13H19NO/c1-2-15-10-13(14)9-5-7-11-6-3-4-8-12(11)13/h3-4,6,8H,2,5,7,9-10,14H2,1H3. The normalized spacial score (nSPS) is 24.9. The van der Waals surface area contributed by atoms with Crippen LogP contribution in [0.4, 0.5) is 0 Å². The van der Waals surface area contributed by atoms with E-state index in [1.165, 1.54) is 17.5 Å². The number of benzene rings is 1. The van der Waals surface area contributed by atoms with Gasteiger partial charge >= 0.3 is 0 Å². The van der Waals surface area contributed by atoms with Crippen molar-refractivity contribution in [1.82, 2.24) is 0 Å². The Hall–Kier alpha value is -0.860. The third-order valence-corrected chi connectivity index (χ3v) is 3.19. The molecule has 0 heterocycles. The summed E-state index contributed by atoms with van der Waals surface area (Å²) in [4.78, 5) is 0. The van der Waals surface area contributed by atoms with Crippen LogP contribution in [0.2, 0.25) is 0 Å². The Labute approximate surface area is 91.4 Å². The maximum Gasteiger partial charge on any atom is 0.0688 e. The average Bonchev–Trinajstić information content (AvgIpc) is 2.27.